The lowest BCUT2D eigenvalue weighted by Gasteiger charge is -2.05. The van der Waals surface area contributed by atoms with Gasteiger partial charge in [-0.15, -0.1) is 0 Å². The summed E-state index contributed by atoms with van der Waals surface area (Å²) in [4.78, 5) is 1.24. The zero-order valence-electron chi connectivity index (χ0n) is 14.5. The molecule has 0 aliphatic carbocycles. The number of phenolic OH excluding ortho intramolecular Hbond substituents is 1. The fourth-order valence-corrected chi connectivity index (χ4v) is 5.84. The van der Waals surface area contributed by atoms with E-state index in [2.05, 4.69) is 60.7 Å². The van der Waals surface area contributed by atoms with Gasteiger partial charge in [-0.25, -0.2) is 0 Å². The molecule has 0 fully saturated rings. The molecule has 4 aromatic carbocycles. The summed E-state index contributed by atoms with van der Waals surface area (Å²) in [5.74, 6) is 1.74. The van der Waals surface area contributed by atoms with Crippen LogP contribution in [-0.2, 0) is 0 Å². The van der Waals surface area contributed by atoms with Crippen molar-refractivity contribution in [3.05, 3.63) is 97.1 Å². The molecular weight excluding hydrogens is 352 g/mol. The van der Waals surface area contributed by atoms with Crippen LogP contribution in [0.25, 0.3) is 25.1 Å². The highest BCUT2D eigenvalue weighted by Crippen LogP contribution is 2.48. The van der Waals surface area contributed by atoms with Gasteiger partial charge in [-0.2, -0.15) is 0 Å². The summed E-state index contributed by atoms with van der Waals surface area (Å²) < 4.78 is 8.73. The molecule has 1 N–H and O–H groups in total. The Morgan fingerprint density at radius 3 is 1.89 bits per heavy atom. The molecular formula is C24H17O2S+. The second kappa shape index (κ2) is 6.45. The lowest BCUT2D eigenvalue weighted by Crippen LogP contribution is -1.83. The lowest BCUT2D eigenvalue weighted by atomic mass is 10.2. The molecule has 1 aromatic heterocycles. The van der Waals surface area contributed by atoms with Gasteiger partial charge < -0.3 is 9.84 Å². The molecule has 0 atom stereocenters. The molecule has 0 radical (unpaired) electrons. The van der Waals surface area contributed by atoms with Crippen molar-refractivity contribution in [2.45, 2.75) is 0 Å². The Balaban J connectivity index is 1.65. The first-order chi connectivity index (χ1) is 13.3. The highest BCUT2D eigenvalue weighted by atomic mass is 32.2. The molecule has 1 heterocycles. The molecule has 130 valence electrons. The fraction of sp³-hybridized carbons (Fsp3) is 0. The smallest absolute Gasteiger partial charge is 0.187 e. The predicted octanol–water partition coefficient (Wildman–Crippen LogP) is 7.23. The van der Waals surface area contributed by atoms with Gasteiger partial charge in [-0.05, 0) is 60.7 Å². The van der Waals surface area contributed by atoms with E-state index in [9.17, 15) is 5.11 Å². The van der Waals surface area contributed by atoms with Crippen molar-refractivity contribution in [3.63, 3.8) is 0 Å². The van der Waals surface area contributed by atoms with Crippen molar-refractivity contribution in [1.82, 2.24) is 0 Å². The first kappa shape index (κ1) is 15.9. The van der Waals surface area contributed by atoms with Gasteiger partial charge in [0.25, 0.3) is 0 Å². The van der Waals surface area contributed by atoms with E-state index in [0.29, 0.717) is 5.75 Å². The van der Waals surface area contributed by atoms with Crippen LogP contribution in [0.2, 0.25) is 0 Å². The van der Waals surface area contributed by atoms with Crippen LogP contribution in [0.15, 0.2) is 97.1 Å². The summed E-state index contributed by atoms with van der Waals surface area (Å²) in [6, 6.07) is 32.4. The molecule has 3 heteroatoms. The van der Waals surface area contributed by atoms with Crippen molar-refractivity contribution < 1.29 is 9.84 Å². The average Bonchev–Trinajstić information content (AvgIpc) is 3.05. The molecule has 27 heavy (non-hydrogen) atoms. The third-order valence-corrected chi connectivity index (χ3v) is 6.93. The summed E-state index contributed by atoms with van der Waals surface area (Å²) in [5, 5.41) is 12.1. The topological polar surface area (TPSA) is 29.5 Å². The van der Waals surface area contributed by atoms with Crippen LogP contribution in [0.1, 0.15) is 0 Å². The van der Waals surface area contributed by atoms with E-state index < -0.39 is 0 Å². The monoisotopic (exact) mass is 369 g/mol. The zero-order valence-corrected chi connectivity index (χ0v) is 15.3. The molecule has 0 unspecified atom stereocenters. The first-order valence-electron chi connectivity index (χ1n) is 8.79. The van der Waals surface area contributed by atoms with E-state index in [1.165, 1.54) is 25.1 Å². The molecule has 0 saturated heterocycles. The van der Waals surface area contributed by atoms with Crippen molar-refractivity contribution in [2.24, 2.45) is 0 Å². The number of fused-ring (bicyclic) bond motifs is 3. The Hall–Kier alpha value is -3.30. The number of phenols is 1. The summed E-state index contributed by atoms with van der Waals surface area (Å²) in [5.41, 5.74) is 0. The highest BCUT2D eigenvalue weighted by molar-refractivity contribution is 7.50. The molecule has 5 aromatic rings. The van der Waals surface area contributed by atoms with Crippen LogP contribution in [0.3, 0.4) is 0 Å². The van der Waals surface area contributed by atoms with Gasteiger partial charge in [0.1, 0.15) is 17.2 Å². The number of rotatable bonds is 3. The van der Waals surface area contributed by atoms with Crippen molar-refractivity contribution >= 4 is 30.6 Å². The standard InChI is InChI=1S/C24H16O2S/c25-17-12-14-18(15-13-17)26-19-6-5-7-20(16-19)27-23-10-3-1-8-21(23)22-9-2-4-11-24(22)27/h1-16H/p+1. The van der Waals surface area contributed by atoms with Crippen LogP contribution >= 0.6 is 10.5 Å². The maximum Gasteiger partial charge on any atom is 0.187 e. The van der Waals surface area contributed by atoms with Gasteiger partial charge in [0.2, 0.25) is 0 Å². The minimum atomic E-state index is -0.132. The van der Waals surface area contributed by atoms with Gasteiger partial charge in [0, 0.05) is 27.3 Å². The quantitative estimate of drug-likeness (QED) is 0.340. The van der Waals surface area contributed by atoms with E-state index >= 15 is 0 Å². The summed E-state index contributed by atoms with van der Waals surface area (Å²) in [6.45, 7) is 0. The molecule has 0 aliphatic rings. The second-order valence-electron chi connectivity index (χ2n) is 6.37. The van der Waals surface area contributed by atoms with E-state index in [4.69, 9.17) is 4.74 Å². The summed E-state index contributed by atoms with van der Waals surface area (Å²) in [6.07, 6.45) is 0. The van der Waals surface area contributed by atoms with Crippen LogP contribution in [0.5, 0.6) is 17.2 Å². The maximum atomic E-state index is 9.44. The van der Waals surface area contributed by atoms with Gasteiger partial charge in [0.15, 0.2) is 14.3 Å². The van der Waals surface area contributed by atoms with Crippen LogP contribution in [0, 0.1) is 0 Å². The number of ether oxygens (including phenoxy) is 1. The largest absolute Gasteiger partial charge is 0.508 e. The Morgan fingerprint density at radius 2 is 1.22 bits per heavy atom. The Labute approximate surface area is 159 Å². The van der Waals surface area contributed by atoms with E-state index in [1.54, 1.807) is 24.3 Å². The number of hydrogen-bond acceptors (Lipinski definition) is 2. The van der Waals surface area contributed by atoms with E-state index in [-0.39, 0.29) is 16.2 Å². The third-order valence-electron chi connectivity index (χ3n) is 4.62. The SMILES string of the molecule is Oc1ccc(Oc2cccc(-[s+]3c4ccccc4c4ccccc43)c2)cc1. The predicted molar refractivity (Wildman–Crippen MR) is 113 cm³/mol. The molecule has 0 aliphatic heterocycles. The van der Waals surface area contributed by atoms with Gasteiger partial charge in [-0.3, -0.25) is 0 Å². The number of benzene rings is 4. The van der Waals surface area contributed by atoms with E-state index in [0.717, 1.165) is 5.75 Å². The third kappa shape index (κ3) is 2.82. The second-order valence-corrected chi connectivity index (χ2v) is 8.33. The maximum absolute atomic E-state index is 9.44. The summed E-state index contributed by atoms with van der Waals surface area (Å²) >= 11 is 0. The minimum Gasteiger partial charge on any atom is -0.508 e. The van der Waals surface area contributed by atoms with Crippen LogP contribution in [-0.4, -0.2) is 5.11 Å². The van der Waals surface area contributed by atoms with Crippen LogP contribution < -0.4 is 4.74 Å². The van der Waals surface area contributed by atoms with Crippen molar-refractivity contribution in [2.75, 3.05) is 0 Å². The number of thiophene rings is 1. The molecule has 2 nitrogen and oxygen atoms in total. The van der Waals surface area contributed by atoms with Crippen molar-refractivity contribution in [1.29, 1.82) is 0 Å². The number of aromatic hydroxyl groups is 1. The van der Waals surface area contributed by atoms with Gasteiger partial charge in [-0.1, -0.05) is 30.3 Å². The molecule has 0 spiro atoms. The highest BCUT2D eigenvalue weighted by Gasteiger charge is 2.23. The molecule has 5 rings (SSSR count). The number of hydrogen-bond donors (Lipinski definition) is 1. The Kier molecular flexibility index (Phi) is 3.80. The fourth-order valence-electron chi connectivity index (χ4n) is 3.42. The van der Waals surface area contributed by atoms with Gasteiger partial charge in [0.05, 0.1) is 0 Å². The van der Waals surface area contributed by atoms with E-state index in [1.807, 2.05) is 12.1 Å². The minimum absolute atomic E-state index is 0.132. The molecule has 0 saturated carbocycles. The van der Waals surface area contributed by atoms with Crippen LogP contribution in [0.4, 0.5) is 0 Å². The lowest BCUT2D eigenvalue weighted by molar-refractivity contribution is 0.464. The first-order valence-corrected chi connectivity index (χ1v) is 10.0. The zero-order chi connectivity index (χ0) is 18.2. The van der Waals surface area contributed by atoms with Crippen molar-refractivity contribution in [3.8, 4) is 22.1 Å². The normalized spacial score (nSPS) is 11.1. The van der Waals surface area contributed by atoms with Gasteiger partial charge >= 0.3 is 0 Å². The molecule has 0 bridgehead atoms. The Bertz CT molecular complexity index is 1200. The molecule has 0 amide bonds. The average molecular weight is 369 g/mol. The summed E-state index contributed by atoms with van der Waals surface area (Å²) in [7, 11) is -0.132. The Morgan fingerprint density at radius 1 is 0.593 bits per heavy atom.